The molecule has 0 amide bonds. The van der Waals surface area contributed by atoms with Gasteiger partial charge in [0.25, 0.3) is 0 Å². The summed E-state index contributed by atoms with van der Waals surface area (Å²) in [6.07, 6.45) is 4.65. The van der Waals surface area contributed by atoms with E-state index in [2.05, 4.69) is 22.1 Å². The second kappa shape index (κ2) is 5.59. The molecule has 1 aliphatic heterocycles. The average molecular weight is 269 g/mol. The van der Waals surface area contributed by atoms with Crippen molar-refractivity contribution in [3.8, 4) is 17.0 Å². The smallest absolute Gasteiger partial charge is 0.130 e. The van der Waals surface area contributed by atoms with E-state index in [1.54, 1.807) is 6.20 Å². The molecule has 2 N–H and O–H groups in total. The topological polar surface area (TPSA) is 61.0 Å². The first-order valence-corrected chi connectivity index (χ1v) is 7.06. The third-order valence-corrected chi connectivity index (χ3v) is 3.41. The summed E-state index contributed by atoms with van der Waals surface area (Å²) >= 11 is 0. The van der Waals surface area contributed by atoms with Crippen LogP contribution in [0.3, 0.4) is 0 Å². The number of nitrogens with zero attached hydrogens (tertiary/aromatic N) is 2. The van der Waals surface area contributed by atoms with E-state index in [4.69, 9.17) is 10.5 Å². The minimum absolute atomic E-state index is 0.0715. The SMILES string of the molecule is CC(N)Cc1nccc(-c2ccc3c(c2)CCCO3)n1. The monoisotopic (exact) mass is 269 g/mol. The summed E-state index contributed by atoms with van der Waals surface area (Å²) in [6.45, 7) is 2.78. The van der Waals surface area contributed by atoms with Crippen LogP contribution in [0.1, 0.15) is 24.7 Å². The van der Waals surface area contributed by atoms with E-state index < -0.39 is 0 Å². The Bertz CT molecular complexity index is 610. The number of rotatable bonds is 3. The van der Waals surface area contributed by atoms with E-state index in [0.717, 1.165) is 42.3 Å². The Kier molecular flexibility index (Phi) is 3.65. The van der Waals surface area contributed by atoms with Crippen molar-refractivity contribution < 1.29 is 4.74 Å². The number of ether oxygens (including phenoxy) is 1. The van der Waals surface area contributed by atoms with E-state index in [1.165, 1.54) is 5.56 Å². The second-order valence-electron chi connectivity index (χ2n) is 5.31. The lowest BCUT2D eigenvalue weighted by atomic mass is 10.0. The maximum Gasteiger partial charge on any atom is 0.130 e. The van der Waals surface area contributed by atoms with Crippen LogP contribution in [0.15, 0.2) is 30.5 Å². The summed E-state index contributed by atoms with van der Waals surface area (Å²) in [5.74, 6) is 1.80. The lowest BCUT2D eigenvalue weighted by molar-refractivity contribution is 0.288. The molecule has 2 aromatic rings. The summed E-state index contributed by atoms with van der Waals surface area (Å²) in [5.41, 5.74) is 9.13. The number of aromatic nitrogens is 2. The van der Waals surface area contributed by atoms with Gasteiger partial charge in [0.05, 0.1) is 12.3 Å². The van der Waals surface area contributed by atoms with E-state index >= 15 is 0 Å². The van der Waals surface area contributed by atoms with E-state index in [9.17, 15) is 0 Å². The highest BCUT2D eigenvalue weighted by atomic mass is 16.5. The van der Waals surface area contributed by atoms with E-state index in [0.29, 0.717) is 6.42 Å². The molecule has 1 aromatic carbocycles. The van der Waals surface area contributed by atoms with Gasteiger partial charge in [0.2, 0.25) is 0 Å². The predicted octanol–water partition coefficient (Wildman–Crippen LogP) is 2.36. The lowest BCUT2D eigenvalue weighted by Gasteiger charge is -2.17. The van der Waals surface area contributed by atoms with Gasteiger partial charge in [0.1, 0.15) is 11.6 Å². The highest BCUT2D eigenvalue weighted by Crippen LogP contribution is 2.29. The molecule has 4 heteroatoms. The first-order valence-electron chi connectivity index (χ1n) is 7.06. The van der Waals surface area contributed by atoms with Crippen molar-refractivity contribution in [1.29, 1.82) is 0 Å². The Morgan fingerprint density at radius 3 is 3.10 bits per heavy atom. The van der Waals surface area contributed by atoms with Crippen LogP contribution < -0.4 is 10.5 Å². The zero-order valence-corrected chi connectivity index (χ0v) is 11.7. The van der Waals surface area contributed by atoms with Crippen LogP contribution in [-0.4, -0.2) is 22.6 Å². The molecule has 20 heavy (non-hydrogen) atoms. The van der Waals surface area contributed by atoms with Crippen molar-refractivity contribution in [2.24, 2.45) is 5.73 Å². The molecule has 0 aliphatic carbocycles. The summed E-state index contributed by atoms with van der Waals surface area (Å²) in [6, 6.07) is 8.28. The van der Waals surface area contributed by atoms with Gasteiger partial charge in [0, 0.05) is 24.2 Å². The van der Waals surface area contributed by atoms with Gasteiger partial charge in [-0.2, -0.15) is 0 Å². The summed E-state index contributed by atoms with van der Waals surface area (Å²) < 4.78 is 5.64. The first-order chi connectivity index (χ1) is 9.72. The third-order valence-electron chi connectivity index (χ3n) is 3.41. The molecule has 2 heterocycles. The average Bonchev–Trinajstić information content (AvgIpc) is 2.46. The Labute approximate surface area is 119 Å². The Morgan fingerprint density at radius 1 is 1.35 bits per heavy atom. The molecule has 0 saturated carbocycles. The van der Waals surface area contributed by atoms with Crippen molar-refractivity contribution in [3.05, 3.63) is 41.9 Å². The van der Waals surface area contributed by atoms with Gasteiger partial charge >= 0.3 is 0 Å². The second-order valence-corrected chi connectivity index (χ2v) is 5.31. The van der Waals surface area contributed by atoms with Crippen LogP contribution in [-0.2, 0) is 12.8 Å². The number of hydrogen-bond acceptors (Lipinski definition) is 4. The largest absolute Gasteiger partial charge is 0.493 e. The highest BCUT2D eigenvalue weighted by Gasteiger charge is 2.12. The van der Waals surface area contributed by atoms with Crippen LogP contribution in [0, 0.1) is 0 Å². The van der Waals surface area contributed by atoms with Gasteiger partial charge in [-0.25, -0.2) is 9.97 Å². The molecule has 1 atom stereocenters. The summed E-state index contributed by atoms with van der Waals surface area (Å²) in [5, 5.41) is 0. The lowest BCUT2D eigenvalue weighted by Crippen LogP contribution is -2.19. The number of hydrogen-bond donors (Lipinski definition) is 1. The highest BCUT2D eigenvalue weighted by molar-refractivity contribution is 5.62. The Morgan fingerprint density at radius 2 is 2.25 bits per heavy atom. The minimum Gasteiger partial charge on any atom is -0.493 e. The maximum atomic E-state index is 5.81. The molecule has 0 bridgehead atoms. The van der Waals surface area contributed by atoms with Crippen LogP contribution in [0.2, 0.25) is 0 Å². The van der Waals surface area contributed by atoms with Gasteiger partial charge in [-0.3, -0.25) is 0 Å². The zero-order chi connectivity index (χ0) is 13.9. The number of aryl methyl sites for hydroxylation is 1. The molecule has 1 aromatic heterocycles. The molecule has 0 radical (unpaired) electrons. The number of benzene rings is 1. The summed E-state index contributed by atoms with van der Waals surface area (Å²) in [4.78, 5) is 8.88. The van der Waals surface area contributed by atoms with Crippen LogP contribution in [0.5, 0.6) is 5.75 Å². The molecule has 1 aliphatic rings. The Balaban J connectivity index is 1.92. The first kappa shape index (κ1) is 13.1. The van der Waals surface area contributed by atoms with Gasteiger partial charge in [-0.1, -0.05) is 0 Å². The van der Waals surface area contributed by atoms with Crippen molar-refractivity contribution in [3.63, 3.8) is 0 Å². The quantitative estimate of drug-likeness (QED) is 0.929. The van der Waals surface area contributed by atoms with Crippen LogP contribution in [0.4, 0.5) is 0 Å². The molecule has 104 valence electrons. The van der Waals surface area contributed by atoms with E-state index in [-0.39, 0.29) is 6.04 Å². The fourth-order valence-electron chi connectivity index (χ4n) is 2.47. The molecule has 3 rings (SSSR count). The molecule has 0 saturated heterocycles. The molecule has 4 nitrogen and oxygen atoms in total. The molecule has 0 fully saturated rings. The van der Waals surface area contributed by atoms with Gasteiger partial charge in [-0.15, -0.1) is 0 Å². The normalized spacial score (nSPS) is 15.3. The predicted molar refractivity (Wildman–Crippen MR) is 78.6 cm³/mol. The minimum atomic E-state index is 0.0715. The van der Waals surface area contributed by atoms with Crippen molar-refractivity contribution >= 4 is 0 Å². The van der Waals surface area contributed by atoms with Crippen molar-refractivity contribution in [2.75, 3.05) is 6.61 Å². The number of fused-ring (bicyclic) bond motifs is 1. The van der Waals surface area contributed by atoms with Gasteiger partial charge in [-0.05, 0) is 49.6 Å². The van der Waals surface area contributed by atoms with Crippen LogP contribution >= 0.6 is 0 Å². The molecular formula is C16H19N3O. The van der Waals surface area contributed by atoms with Crippen LogP contribution in [0.25, 0.3) is 11.3 Å². The van der Waals surface area contributed by atoms with Gasteiger partial charge < -0.3 is 10.5 Å². The van der Waals surface area contributed by atoms with Crippen molar-refractivity contribution in [1.82, 2.24) is 9.97 Å². The fraction of sp³-hybridized carbons (Fsp3) is 0.375. The summed E-state index contributed by atoms with van der Waals surface area (Å²) in [7, 11) is 0. The molecule has 0 spiro atoms. The Hall–Kier alpha value is -1.94. The molecular weight excluding hydrogens is 250 g/mol. The van der Waals surface area contributed by atoms with E-state index in [1.807, 2.05) is 19.1 Å². The maximum absolute atomic E-state index is 5.81. The fourth-order valence-corrected chi connectivity index (χ4v) is 2.47. The zero-order valence-electron chi connectivity index (χ0n) is 11.7. The number of nitrogens with two attached hydrogens (primary N) is 1. The van der Waals surface area contributed by atoms with Gasteiger partial charge in [0.15, 0.2) is 0 Å². The standard InChI is InChI=1S/C16H19N3O/c1-11(17)9-16-18-7-6-14(19-16)12-4-5-15-13(10-12)3-2-8-20-15/h4-7,10-11H,2-3,8-9,17H2,1H3. The third kappa shape index (κ3) is 2.80. The molecule has 1 unspecified atom stereocenters. The van der Waals surface area contributed by atoms with Crippen molar-refractivity contribution in [2.45, 2.75) is 32.2 Å².